The quantitative estimate of drug-likeness (QED) is 0.768. The SMILES string of the molecule is CC(c1ccc(F)cc1)N(C)S(=O)(=O)c1ccc2c(c1)C(=O)N(C)C2=O. The number of fused-ring (bicyclic) bond motifs is 1. The molecule has 2 aromatic carbocycles. The Kier molecular flexibility index (Phi) is 4.41. The number of benzene rings is 2. The third kappa shape index (κ3) is 2.81. The molecule has 8 heteroatoms. The molecule has 0 N–H and O–H groups in total. The van der Waals surface area contributed by atoms with Crippen LogP contribution in [0.5, 0.6) is 0 Å². The Bertz CT molecular complexity index is 1000. The van der Waals surface area contributed by atoms with E-state index in [1.54, 1.807) is 6.92 Å². The Balaban J connectivity index is 1.97. The minimum Gasteiger partial charge on any atom is -0.277 e. The number of imide groups is 1. The molecule has 1 aliphatic rings. The van der Waals surface area contributed by atoms with Crippen molar-refractivity contribution in [2.45, 2.75) is 17.9 Å². The van der Waals surface area contributed by atoms with Gasteiger partial charge in [-0.1, -0.05) is 12.1 Å². The molecule has 0 bridgehead atoms. The summed E-state index contributed by atoms with van der Waals surface area (Å²) in [6, 6.07) is 8.91. The average molecular weight is 376 g/mol. The van der Waals surface area contributed by atoms with E-state index in [0.717, 1.165) is 9.21 Å². The maximum Gasteiger partial charge on any atom is 0.261 e. The molecule has 1 atom stereocenters. The molecule has 0 saturated carbocycles. The number of halogens is 1. The number of sulfonamides is 1. The van der Waals surface area contributed by atoms with E-state index in [4.69, 9.17) is 0 Å². The minimum atomic E-state index is -3.92. The second-order valence-electron chi connectivity index (χ2n) is 6.13. The Labute approximate surface area is 150 Å². The third-order valence-corrected chi connectivity index (χ3v) is 6.56. The highest BCUT2D eigenvalue weighted by molar-refractivity contribution is 7.89. The molecule has 1 aliphatic heterocycles. The number of carbonyl (C=O) groups excluding carboxylic acids is 2. The largest absolute Gasteiger partial charge is 0.277 e. The molecule has 0 saturated heterocycles. The van der Waals surface area contributed by atoms with E-state index in [0.29, 0.717) is 5.56 Å². The van der Waals surface area contributed by atoms with Crippen LogP contribution in [0.25, 0.3) is 0 Å². The second-order valence-corrected chi connectivity index (χ2v) is 8.12. The van der Waals surface area contributed by atoms with Gasteiger partial charge in [0.05, 0.1) is 16.0 Å². The van der Waals surface area contributed by atoms with Crippen LogP contribution in [0.15, 0.2) is 47.4 Å². The molecule has 1 unspecified atom stereocenters. The Hall–Kier alpha value is -2.58. The summed E-state index contributed by atoms with van der Waals surface area (Å²) < 4.78 is 40.1. The van der Waals surface area contributed by atoms with Crippen molar-refractivity contribution >= 4 is 21.8 Å². The van der Waals surface area contributed by atoms with Gasteiger partial charge < -0.3 is 0 Å². The van der Waals surface area contributed by atoms with Crippen LogP contribution in [0.1, 0.15) is 39.2 Å². The predicted molar refractivity (Wildman–Crippen MR) is 92.6 cm³/mol. The number of rotatable bonds is 4. The molecule has 26 heavy (non-hydrogen) atoms. The fourth-order valence-corrected chi connectivity index (χ4v) is 4.20. The maximum atomic E-state index is 13.1. The number of amides is 2. The van der Waals surface area contributed by atoms with Gasteiger partial charge in [-0.25, -0.2) is 12.8 Å². The molecule has 0 aromatic heterocycles. The van der Waals surface area contributed by atoms with Gasteiger partial charge in [-0.05, 0) is 42.8 Å². The van der Waals surface area contributed by atoms with Crippen LogP contribution in [0.2, 0.25) is 0 Å². The number of hydrogen-bond acceptors (Lipinski definition) is 4. The summed E-state index contributed by atoms with van der Waals surface area (Å²) in [6.45, 7) is 1.68. The van der Waals surface area contributed by atoms with Gasteiger partial charge in [0.2, 0.25) is 10.0 Å². The normalized spacial score (nSPS) is 15.5. The summed E-state index contributed by atoms with van der Waals surface area (Å²) in [7, 11) is -1.16. The van der Waals surface area contributed by atoms with E-state index in [-0.39, 0.29) is 16.0 Å². The molecule has 3 rings (SSSR count). The summed E-state index contributed by atoms with van der Waals surface area (Å²) in [5.41, 5.74) is 0.886. The lowest BCUT2D eigenvalue weighted by Crippen LogP contribution is -2.30. The van der Waals surface area contributed by atoms with Crippen molar-refractivity contribution in [1.82, 2.24) is 9.21 Å². The van der Waals surface area contributed by atoms with Crippen LogP contribution in [-0.4, -0.2) is 43.5 Å². The number of hydrogen-bond donors (Lipinski definition) is 0. The summed E-state index contributed by atoms with van der Waals surface area (Å²) in [6.07, 6.45) is 0. The second kappa shape index (κ2) is 6.30. The molecule has 1 heterocycles. The Morgan fingerprint density at radius 3 is 2.19 bits per heavy atom. The molecule has 0 spiro atoms. The van der Waals surface area contributed by atoms with Gasteiger partial charge in [-0.2, -0.15) is 4.31 Å². The first-order valence-corrected chi connectivity index (χ1v) is 9.28. The first kappa shape index (κ1) is 18.2. The topological polar surface area (TPSA) is 74.8 Å². The van der Waals surface area contributed by atoms with Crippen molar-refractivity contribution < 1.29 is 22.4 Å². The van der Waals surface area contributed by atoms with Gasteiger partial charge >= 0.3 is 0 Å². The Morgan fingerprint density at radius 2 is 1.58 bits per heavy atom. The van der Waals surface area contributed by atoms with Crippen molar-refractivity contribution in [3.63, 3.8) is 0 Å². The predicted octanol–water partition coefficient (Wildman–Crippen LogP) is 2.43. The van der Waals surface area contributed by atoms with E-state index in [2.05, 4.69) is 0 Å². The molecule has 0 radical (unpaired) electrons. The van der Waals surface area contributed by atoms with Crippen LogP contribution in [-0.2, 0) is 10.0 Å². The van der Waals surface area contributed by atoms with Gasteiger partial charge in [0.25, 0.3) is 11.8 Å². The molecule has 0 fully saturated rings. The van der Waals surface area contributed by atoms with Crippen molar-refractivity contribution in [2.75, 3.05) is 14.1 Å². The van der Waals surface area contributed by atoms with Gasteiger partial charge in [0.15, 0.2) is 0 Å². The van der Waals surface area contributed by atoms with E-state index in [1.165, 1.54) is 56.6 Å². The van der Waals surface area contributed by atoms with E-state index in [9.17, 15) is 22.4 Å². The van der Waals surface area contributed by atoms with E-state index in [1.807, 2.05) is 0 Å². The molecular formula is C18H17FN2O4S. The lowest BCUT2D eigenvalue weighted by atomic mass is 10.1. The molecule has 136 valence electrons. The smallest absolute Gasteiger partial charge is 0.261 e. The first-order valence-electron chi connectivity index (χ1n) is 7.84. The molecule has 2 aromatic rings. The van der Waals surface area contributed by atoms with Gasteiger partial charge in [-0.3, -0.25) is 14.5 Å². The highest BCUT2D eigenvalue weighted by atomic mass is 32.2. The van der Waals surface area contributed by atoms with Gasteiger partial charge in [-0.15, -0.1) is 0 Å². The highest BCUT2D eigenvalue weighted by Crippen LogP contribution is 2.29. The van der Waals surface area contributed by atoms with Gasteiger partial charge in [0, 0.05) is 20.1 Å². The number of carbonyl (C=O) groups is 2. The monoisotopic (exact) mass is 376 g/mol. The van der Waals surface area contributed by atoms with E-state index >= 15 is 0 Å². The zero-order valence-corrected chi connectivity index (χ0v) is 15.2. The zero-order valence-electron chi connectivity index (χ0n) is 14.4. The molecule has 2 amide bonds. The van der Waals surface area contributed by atoms with E-state index < -0.39 is 33.7 Å². The molecule has 6 nitrogen and oxygen atoms in total. The maximum absolute atomic E-state index is 13.1. The molecule has 0 aliphatic carbocycles. The standard InChI is InChI=1S/C18H17FN2O4S/c1-11(12-4-6-13(19)7-5-12)21(3)26(24,25)14-8-9-15-16(10-14)18(23)20(2)17(15)22/h4-11H,1-3H3. The number of nitrogens with zero attached hydrogens (tertiary/aromatic N) is 2. The molecular weight excluding hydrogens is 359 g/mol. The van der Waals surface area contributed by atoms with Crippen LogP contribution >= 0.6 is 0 Å². The Morgan fingerprint density at radius 1 is 1.00 bits per heavy atom. The van der Waals surface area contributed by atoms with Crippen LogP contribution in [0.4, 0.5) is 4.39 Å². The fraction of sp³-hybridized carbons (Fsp3) is 0.222. The van der Waals surface area contributed by atoms with Crippen molar-refractivity contribution in [2.24, 2.45) is 0 Å². The fourth-order valence-electron chi connectivity index (χ4n) is 2.83. The minimum absolute atomic E-state index is 0.0708. The summed E-state index contributed by atoms with van der Waals surface area (Å²) in [5, 5.41) is 0. The van der Waals surface area contributed by atoms with Crippen LogP contribution < -0.4 is 0 Å². The van der Waals surface area contributed by atoms with Crippen molar-refractivity contribution in [3.8, 4) is 0 Å². The van der Waals surface area contributed by atoms with Crippen LogP contribution in [0, 0.1) is 5.82 Å². The summed E-state index contributed by atoms with van der Waals surface area (Å²) >= 11 is 0. The van der Waals surface area contributed by atoms with Crippen LogP contribution in [0.3, 0.4) is 0 Å². The van der Waals surface area contributed by atoms with Crippen molar-refractivity contribution in [1.29, 1.82) is 0 Å². The van der Waals surface area contributed by atoms with Gasteiger partial charge in [0.1, 0.15) is 5.82 Å². The van der Waals surface area contributed by atoms with Crippen molar-refractivity contribution in [3.05, 3.63) is 65.0 Å². The first-order chi connectivity index (χ1) is 12.1. The summed E-state index contributed by atoms with van der Waals surface area (Å²) in [5.74, 6) is -1.39. The lowest BCUT2D eigenvalue weighted by Gasteiger charge is -2.25. The average Bonchev–Trinajstić information content (AvgIpc) is 2.85. The lowest BCUT2D eigenvalue weighted by molar-refractivity contribution is 0.0693. The summed E-state index contributed by atoms with van der Waals surface area (Å²) in [4.78, 5) is 24.9. The third-order valence-electron chi connectivity index (χ3n) is 4.64. The zero-order chi connectivity index (χ0) is 19.2. The highest BCUT2D eigenvalue weighted by Gasteiger charge is 2.35.